The van der Waals surface area contributed by atoms with Crippen LogP contribution in [0.4, 0.5) is 0 Å². The topological polar surface area (TPSA) is 29.5 Å². The van der Waals surface area contributed by atoms with Gasteiger partial charge in [0.2, 0.25) is 0 Å². The molecule has 1 unspecified atom stereocenters. The van der Waals surface area contributed by atoms with E-state index in [0.29, 0.717) is 18.8 Å². The standard InChI is InChI=1S/C24H29NO2S.C2H6.C2H4/c1-4-5-12-20(2)28-19-23(24(26)27-3)25(17-21-13-8-6-9-14-21)18-22-15-10-7-11-16-22;2*1-2/h4-16,23H,17-19H2,1-3H3;1-2H3;1-2H2/b5-4-,20-12+;;. The summed E-state index contributed by atoms with van der Waals surface area (Å²) in [4.78, 5) is 16.0. The van der Waals surface area contributed by atoms with E-state index in [2.05, 4.69) is 55.3 Å². The summed E-state index contributed by atoms with van der Waals surface area (Å²) in [5.41, 5.74) is 2.36. The van der Waals surface area contributed by atoms with Gasteiger partial charge in [0.1, 0.15) is 6.04 Å². The number of rotatable bonds is 10. The fourth-order valence-corrected chi connectivity index (χ4v) is 3.80. The fraction of sp³-hybridized carbons (Fsp3) is 0.321. The zero-order valence-corrected chi connectivity index (χ0v) is 21.1. The van der Waals surface area contributed by atoms with Gasteiger partial charge in [0, 0.05) is 18.8 Å². The van der Waals surface area contributed by atoms with Gasteiger partial charge < -0.3 is 4.74 Å². The predicted molar refractivity (Wildman–Crippen MR) is 142 cm³/mol. The molecule has 2 rings (SSSR count). The summed E-state index contributed by atoms with van der Waals surface area (Å²) >= 11 is 1.68. The Balaban J connectivity index is 0.00000227. The van der Waals surface area contributed by atoms with Crippen LogP contribution in [-0.4, -0.2) is 29.8 Å². The Kier molecular flexibility index (Phi) is 17.6. The maximum absolute atomic E-state index is 12.6. The summed E-state index contributed by atoms with van der Waals surface area (Å²) in [6.45, 7) is 15.4. The molecule has 0 saturated heterocycles. The summed E-state index contributed by atoms with van der Waals surface area (Å²) in [6.07, 6.45) is 6.08. The van der Waals surface area contributed by atoms with Gasteiger partial charge in [-0.05, 0) is 29.9 Å². The van der Waals surface area contributed by atoms with Crippen molar-refractivity contribution < 1.29 is 9.53 Å². The van der Waals surface area contributed by atoms with Crippen LogP contribution in [0.1, 0.15) is 38.8 Å². The van der Waals surface area contributed by atoms with E-state index in [4.69, 9.17) is 4.74 Å². The highest BCUT2D eigenvalue weighted by atomic mass is 32.2. The normalized spacial score (nSPS) is 11.8. The molecule has 32 heavy (non-hydrogen) atoms. The van der Waals surface area contributed by atoms with Crippen LogP contribution in [0.25, 0.3) is 0 Å². The van der Waals surface area contributed by atoms with Gasteiger partial charge in [0.15, 0.2) is 0 Å². The lowest BCUT2D eigenvalue weighted by atomic mass is 10.1. The molecule has 0 saturated carbocycles. The molecule has 0 aromatic heterocycles. The van der Waals surface area contributed by atoms with E-state index < -0.39 is 0 Å². The maximum Gasteiger partial charge on any atom is 0.323 e. The molecule has 0 aliphatic rings. The smallest absolute Gasteiger partial charge is 0.323 e. The molecule has 1 atom stereocenters. The number of allylic oxidation sites excluding steroid dienone is 4. The molecule has 0 aliphatic carbocycles. The van der Waals surface area contributed by atoms with E-state index in [9.17, 15) is 4.79 Å². The van der Waals surface area contributed by atoms with E-state index in [-0.39, 0.29) is 12.0 Å². The van der Waals surface area contributed by atoms with Crippen LogP contribution in [0.2, 0.25) is 0 Å². The number of carbonyl (C=O) groups is 1. The van der Waals surface area contributed by atoms with Crippen molar-refractivity contribution in [2.75, 3.05) is 12.9 Å². The van der Waals surface area contributed by atoms with Gasteiger partial charge in [0.05, 0.1) is 7.11 Å². The molecule has 0 fully saturated rings. The van der Waals surface area contributed by atoms with Crippen molar-refractivity contribution in [3.63, 3.8) is 0 Å². The van der Waals surface area contributed by atoms with Crippen molar-refractivity contribution in [3.05, 3.63) is 108 Å². The first-order chi connectivity index (χ1) is 15.6. The van der Waals surface area contributed by atoms with Crippen LogP contribution in [0, 0.1) is 0 Å². The first-order valence-electron chi connectivity index (χ1n) is 11.0. The molecule has 2 aromatic carbocycles. The highest BCUT2D eigenvalue weighted by molar-refractivity contribution is 8.03. The van der Waals surface area contributed by atoms with Crippen LogP contribution in [0.5, 0.6) is 0 Å². The third kappa shape index (κ3) is 11.7. The predicted octanol–water partition coefficient (Wildman–Crippen LogP) is 7.27. The zero-order chi connectivity index (χ0) is 24.2. The van der Waals surface area contributed by atoms with Crippen LogP contribution < -0.4 is 0 Å². The van der Waals surface area contributed by atoms with Crippen molar-refractivity contribution >= 4 is 17.7 Å². The van der Waals surface area contributed by atoms with Gasteiger partial charge in [-0.25, -0.2) is 0 Å². The Morgan fingerprint density at radius 3 is 1.88 bits per heavy atom. The second-order valence-electron chi connectivity index (χ2n) is 6.53. The first-order valence-corrected chi connectivity index (χ1v) is 11.9. The van der Waals surface area contributed by atoms with Gasteiger partial charge in [-0.2, -0.15) is 0 Å². The van der Waals surface area contributed by atoms with Crippen molar-refractivity contribution in [2.24, 2.45) is 0 Å². The van der Waals surface area contributed by atoms with Gasteiger partial charge in [-0.1, -0.05) is 92.7 Å². The number of hydrogen-bond acceptors (Lipinski definition) is 4. The Morgan fingerprint density at radius 1 is 1.00 bits per heavy atom. The summed E-state index contributed by atoms with van der Waals surface area (Å²) in [6, 6.07) is 20.2. The van der Waals surface area contributed by atoms with Crippen molar-refractivity contribution in [3.8, 4) is 0 Å². The Labute approximate surface area is 199 Å². The Hall–Kier alpha value is -2.56. The second-order valence-corrected chi connectivity index (χ2v) is 7.80. The van der Waals surface area contributed by atoms with Gasteiger partial charge in [-0.3, -0.25) is 9.69 Å². The Morgan fingerprint density at radius 2 is 1.47 bits per heavy atom. The maximum atomic E-state index is 12.6. The highest BCUT2D eigenvalue weighted by Gasteiger charge is 2.27. The molecular formula is C28H39NO2S. The van der Waals surface area contributed by atoms with Gasteiger partial charge in [-0.15, -0.1) is 24.9 Å². The average molecular weight is 454 g/mol. The van der Waals surface area contributed by atoms with E-state index in [1.165, 1.54) is 23.1 Å². The minimum absolute atomic E-state index is 0.196. The molecular weight excluding hydrogens is 414 g/mol. The van der Waals surface area contributed by atoms with Gasteiger partial charge in [0.25, 0.3) is 0 Å². The Bertz CT molecular complexity index is 746. The molecule has 4 heteroatoms. The molecule has 174 valence electrons. The minimum atomic E-state index is -0.329. The minimum Gasteiger partial charge on any atom is -0.468 e. The quantitative estimate of drug-likeness (QED) is 0.215. The average Bonchev–Trinajstić information content (AvgIpc) is 2.86. The number of ether oxygens (including phenoxy) is 1. The van der Waals surface area contributed by atoms with Gasteiger partial charge >= 0.3 is 5.97 Å². The third-order valence-corrected chi connectivity index (χ3v) is 5.44. The van der Waals surface area contributed by atoms with Crippen molar-refractivity contribution in [2.45, 2.75) is 46.8 Å². The highest BCUT2D eigenvalue weighted by Crippen LogP contribution is 2.22. The monoisotopic (exact) mass is 453 g/mol. The van der Waals surface area contributed by atoms with Crippen LogP contribution in [0.3, 0.4) is 0 Å². The number of nitrogens with zero attached hydrogens (tertiary/aromatic N) is 1. The summed E-state index contributed by atoms with van der Waals surface area (Å²) < 4.78 is 5.15. The van der Waals surface area contributed by atoms with Crippen molar-refractivity contribution in [1.82, 2.24) is 4.90 Å². The fourth-order valence-electron chi connectivity index (χ4n) is 2.86. The second kappa shape index (κ2) is 19.1. The van der Waals surface area contributed by atoms with Crippen LogP contribution >= 0.6 is 11.8 Å². The molecule has 3 nitrogen and oxygen atoms in total. The van der Waals surface area contributed by atoms with Crippen molar-refractivity contribution in [1.29, 1.82) is 0 Å². The SMILES string of the molecule is C/C=C\C=C(/C)SCC(C(=O)OC)N(Cc1ccccc1)Cc1ccccc1.C=C.CC. The molecule has 0 heterocycles. The molecule has 0 N–H and O–H groups in total. The summed E-state index contributed by atoms with van der Waals surface area (Å²) in [5, 5.41) is 0. The number of hydrogen-bond donors (Lipinski definition) is 0. The summed E-state index contributed by atoms with van der Waals surface area (Å²) in [7, 11) is 1.46. The largest absolute Gasteiger partial charge is 0.468 e. The number of thioether (sulfide) groups is 1. The number of esters is 1. The number of benzene rings is 2. The molecule has 0 aliphatic heterocycles. The van der Waals surface area contributed by atoms with Crippen LogP contribution in [-0.2, 0) is 22.6 Å². The molecule has 0 amide bonds. The van der Waals surface area contributed by atoms with E-state index in [1.807, 2.05) is 69.3 Å². The molecule has 0 spiro atoms. The number of carbonyl (C=O) groups excluding carboxylic acids is 1. The summed E-state index contributed by atoms with van der Waals surface area (Å²) in [5.74, 6) is 0.449. The third-order valence-electron chi connectivity index (χ3n) is 4.36. The number of methoxy groups -OCH3 is 1. The molecule has 2 aromatic rings. The zero-order valence-electron chi connectivity index (χ0n) is 20.3. The van der Waals surface area contributed by atoms with E-state index in [0.717, 1.165) is 0 Å². The molecule has 0 bridgehead atoms. The first kappa shape index (κ1) is 29.4. The van der Waals surface area contributed by atoms with E-state index in [1.54, 1.807) is 11.8 Å². The lowest BCUT2D eigenvalue weighted by Crippen LogP contribution is -2.43. The van der Waals surface area contributed by atoms with E-state index >= 15 is 0 Å². The molecule has 0 radical (unpaired) electrons. The van der Waals surface area contributed by atoms with Crippen LogP contribution in [0.15, 0.2) is 97.0 Å². The lowest BCUT2D eigenvalue weighted by Gasteiger charge is -2.30. The lowest BCUT2D eigenvalue weighted by molar-refractivity contribution is -0.146.